The molecule has 3 rings (SSSR count). The van der Waals surface area contributed by atoms with Gasteiger partial charge in [-0.1, -0.05) is 26.7 Å². The number of esters is 6. The van der Waals surface area contributed by atoms with Crippen molar-refractivity contribution in [3.63, 3.8) is 0 Å². The number of hydrogen-bond acceptors (Lipinski definition) is 22. The summed E-state index contributed by atoms with van der Waals surface area (Å²) in [5, 5.41) is 120. The standard InChI is InChI=1S/C44H30O34/c1-3-5-7-75-39(69)23-19(37(65)66)20(38(67)68)24(43(73)77-41(71)21-15(33(57)58)11(29(49)50)9(27(45)46)12(30(51)52)16(21)34(59)60)26(25(23)40(70)76-8-6-4-2)44(74)78-42(72)22-17(35(61)62)13(31(53)54)10(28(47)48)14(32(55)56)18(22)36(63)64/h3-8H2,1-2H3,(H,45,46)(H,47,48)(H,49,50)(H,51,52)(H,53,54)(H,55,56)(H,57,58)(H,59,60)(H,61,62)(H,63,64)(H,65,66)(H,67,68). The van der Waals surface area contributed by atoms with Gasteiger partial charge in [-0.05, 0) is 12.8 Å². The van der Waals surface area contributed by atoms with Crippen LogP contribution in [0.1, 0.15) is 226 Å². The Hall–Kier alpha value is -11.5. The van der Waals surface area contributed by atoms with Gasteiger partial charge in [0.2, 0.25) is 0 Å². The number of rotatable bonds is 24. The van der Waals surface area contributed by atoms with Crippen LogP contribution in [0.15, 0.2) is 0 Å². The topological polar surface area (TPSA) is 587 Å². The molecule has 0 radical (unpaired) electrons. The first-order valence-electron chi connectivity index (χ1n) is 20.6. The predicted molar refractivity (Wildman–Crippen MR) is 233 cm³/mol. The molecule has 0 aromatic heterocycles. The molecule has 0 bridgehead atoms. The molecule has 410 valence electrons. The van der Waals surface area contributed by atoms with E-state index in [0.717, 1.165) is 0 Å². The van der Waals surface area contributed by atoms with Crippen LogP contribution in [0, 0.1) is 0 Å². The number of ether oxygens (including phenoxy) is 4. The van der Waals surface area contributed by atoms with Gasteiger partial charge < -0.3 is 80.2 Å². The van der Waals surface area contributed by atoms with Gasteiger partial charge in [0.05, 0.1) is 113 Å². The third-order valence-electron chi connectivity index (χ3n) is 10.1. The quantitative estimate of drug-likeness (QED) is 0.0264. The molecule has 12 N–H and O–H groups in total. The molecule has 78 heavy (non-hydrogen) atoms. The molecule has 0 unspecified atom stereocenters. The highest BCUT2D eigenvalue weighted by atomic mass is 16.6. The minimum Gasteiger partial charge on any atom is -0.478 e. The fourth-order valence-corrected chi connectivity index (χ4v) is 7.18. The van der Waals surface area contributed by atoms with Gasteiger partial charge in [-0.25, -0.2) is 86.3 Å². The van der Waals surface area contributed by atoms with E-state index in [2.05, 4.69) is 9.47 Å². The highest BCUT2D eigenvalue weighted by molar-refractivity contribution is 6.29. The van der Waals surface area contributed by atoms with Crippen molar-refractivity contribution in [2.75, 3.05) is 13.2 Å². The zero-order valence-electron chi connectivity index (χ0n) is 38.6. The van der Waals surface area contributed by atoms with E-state index < -0.39 is 221 Å². The molecule has 0 saturated heterocycles. The summed E-state index contributed by atoms with van der Waals surface area (Å²) in [4.78, 5) is 236. The van der Waals surface area contributed by atoms with Gasteiger partial charge in [0.1, 0.15) is 0 Å². The van der Waals surface area contributed by atoms with Crippen molar-refractivity contribution >= 4 is 107 Å². The molecular weight excluding hydrogens is 1070 g/mol. The van der Waals surface area contributed by atoms with E-state index in [9.17, 15) is 148 Å². The van der Waals surface area contributed by atoms with Crippen LogP contribution in [-0.2, 0) is 18.9 Å². The molecule has 0 spiro atoms. The molecule has 0 aliphatic heterocycles. The zero-order chi connectivity index (χ0) is 59.9. The van der Waals surface area contributed by atoms with Crippen LogP contribution in [0.4, 0.5) is 0 Å². The number of unbranched alkanes of at least 4 members (excludes halogenated alkanes) is 2. The van der Waals surface area contributed by atoms with Crippen molar-refractivity contribution < 1.29 is 167 Å². The Labute approximate surface area is 426 Å². The average Bonchev–Trinajstić information content (AvgIpc) is 3.33. The second kappa shape index (κ2) is 24.0. The van der Waals surface area contributed by atoms with E-state index in [1.54, 1.807) is 0 Å². The van der Waals surface area contributed by atoms with E-state index in [1.165, 1.54) is 13.8 Å². The van der Waals surface area contributed by atoms with Crippen LogP contribution >= 0.6 is 0 Å². The third-order valence-corrected chi connectivity index (χ3v) is 10.1. The lowest BCUT2D eigenvalue weighted by atomic mass is 9.85. The number of aromatic carboxylic acids is 12. The molecule has 0 aliphatic rings. The van der Waals surface area contributed by atoms with Gasteiger partial charge in [0, 0.05) is 0 Å². The van der Waals surface area contributed by atoms with Gasteiger partial charge in [0.15, 0.2) is 0 Å². The lowest BCUT2D eigenvalue weighted by Crippen LogP contribution is -2.33. The second-order valence-corrected chi connectivity index (χ2v) is 14.7. The van der Waals surface area contributed by atoms with Gasteiger partial charge in [-0.15, -0.1) is 0 Å². The smallest absolute Gasteiger partial charge is 0.347 e. The highest BCUT2D eigenvalue weighted by Gasteiger charge is 2.47. The number of carboxylic acid groups (broad SMARTS) is 12. The van der Waals surface area contributed by atoms with Crippen molar-refractivity contribution in [1.82, 2.24) is 0 Å². The SMILES string of the molecule is CCCCOC(=O)c1c(C(=O)O)c(C(=O)O)c(C(=O)OC(=O)c2c(C(=O)O)c(C(=O)O)c(C(=O)O)c(C(=O)O)c2C(=O)O)c(C(=O)OC(=O)c2c(C(=O)O)c(C(=O)O)c(C(=O)O)c(C(=O)O)c2C(=O)O)c1C(=O)OCCCC. The molecule has 3 aromatic carbocycles. The monoisotopic (exact) mass is 1100 g/mol. The summed E-state index contributed by atoms with van der Waals surface area (Å²) in [6, 6.07) is 0. The Bertz CT molecular complexity index is 3240. The maximum absolute atomic E-state index is 14.7. The Kier molecular flexibility index (Phi) is 18.7. The molecule has 34 nitrogen and oxygen atoms in total. The van der Waals surface area contributed by atoms with E-state index in [-0.39, 0.29) is 25.7 Å². The summed E-state index contributed by atoms with van der Waals surface area (Å²) < 4.78 is 18.8. The average molecular weight is 1100 g/mol. The largest absolute Gasteiger partial charge is 0.478 e. The highest BCUT2D eigenvalue weighted by Crippen LogP contribution is 2.36. The lowest BCUT2D eigenvalue weighted by Gasteiger charge is -2.21. The van der Waals surface area contributed by atoms with Crippen LogP contribution in [-0.4, -0.2) is 182 Å². The van der Waals surface area contributed by atoms with Crippen LogP contribution < -0.4 is 0 Å². The molecule has 0 fully saturated rings. The number of benzene rings is 3. The maximum Gasteiger partial charge on any atom is 0.347 e. The first-order valence-corrected chi connectivity index (χ1v) is 20.6. The Morgan fingerprint density at radius 1 is 0.231 bits per heavy atom. The number of hydrogen-bond donors (Lipinski definition) is 12. The van der Waals surface area contributed by atoms with Crippen LogP contribution in [0.3, 0.4) is 0 Å². The Morgan fingerprint density at radius 3 is 0.526 bits per heavy atom. The van der Waals surface area contributed by atoms with Crippen LogP contribution in [0.5, 0.6) is 0 Å². The fraction of sp³-hybridized carbons (Fsp3) is 0.182. The molecule has 0 amide bonds. The van der Waals surface area contributed by atoms with E-state index >= 15 is 0 Å². The Balaban J connectivity index is 2.88. The van der Waals surface area contributed by atoms with Crippen LogP contribution in [0.2, 0.25) is 0 Å². The van der Waals surface area contributed by atoms with Crippen molar-refractivity contribution in [1.29, 1.82) is 0 Å². The van der Waals surface area contributed by atoms with Crippen molar-refractivity contribution in [3.8, 4) is 0 Å². The molecule has 0 aliphatic carbocycles. The molecule has 34 heteroatoms. The third kappa shape index (κ3) is 11.5. The zero-order valence-corrected chi connectivity index (χ0v) is 38.6. The summed E-state index contributed by atoms with van der Waals surface area (Å²) in [5.74, 6) is -50.2. The van der Waals surface area contributed by atoms with Gasteiger partial charge in [0.25, 0.3) is 0 Å². The van der Waals surface area contributed by atoms with Gasteiger partial charge in [-0.2, -0.15) is 0 Å². The summed E-state index contributed by atoms with van der Waals surface area (Å²) in [5.41, 5.74) is -41.3. The minimum absolute atomic E-state index is 0.0764. The first-order chi connectivity index (χ1) is 36.2. The van der Waals surface area contributed by atoms with Gasteiger partial charge >= 0.3 is 107 Å². The van der Waals surface area contributed by atoms with E-state index in [4.69, 9.17) is 9.47 Å². The summed E-state index contributed by atoms with van der Waals surface area (Å²) in [6.07, 6.45) is -0.168. The molecular formula is C44H30O34. The minimum atomic E-state index is -3.08. The van der Waals surface area contributed by atoms with E-state index in [1.807, 2.05) is 0 Å². The molecule has 0 atom stereocenters. The normalized spacial score (nSPS) is 10.5. The maximum atomic E-state index is 14.7. The predicted octanol–water partition coefficient (Wildman–Crippen LogP) is 1.97. The fourth-order valence-electron chi connectivity index (χ4n) is 7.18. The first kappa shape index (κ1) is 60.8. The Morgan fingerprint density at radius 2 is 0.359 bits per heavy atom. The van der Waals surface area contributed by atoms with Crippen molar-refractivity contribution in [2.45, 2.75) is 39.5 Å². The van der Waals surface area contributed by atoms with Crippen LogP contribution in [0.25, 0.3) is 0 Å². The summed E-state index contributed by atoms with van der Waals surface area (Å²) in [7, 11) is 0. The number of carbonyl (C=O) groups excluding carboxylic acids is 6. The molecule has 0 heterocycles. The number of carboxylic acids is 12. The molecule has 3 aromatic rings. The van der Waals surface area contributed by atoms with Gasteiger partial charge in [-0.3, -0.25) is 0 Å². The molecule has 0 saturated carbocycles. The number of carbonyl (C=O) groups is 18. The lowest BCUT2D eigenvalue weighted by molar-refractivity contribution is 0.0340. The second-order valence-electron chi connectivity index (χ2n) is 14.7. The van der Waals surface area contributed by atoms with Crippen molar-refractivity contribution in [2.24, 2.45) is 0 Å². The van der Waals surface area contributed by atoms with Crippen molar-refractivity contribution in [3.05, 3.63) is 100 Å². The summed E-state index contributed by atoms with van der Waals surface area (Å²) >= 11 is 0. The summed E-state index contributed by atoms with van der Waals surface area (Å²) in [6.45, 7) is 1.21. The van der Waals surface area contributed by atoms with E-state index in [0.29, 0.717) is 0 Å².